The number of hydrogen-bond donors (Lipinski definition) is 0. The molecule has 254 valence electrons. The first-order valence-electron chi connectivity index (χ1n) is 18.0. The minimum absolute atomic E-state index is 0.583. The zero-order chi connectivity index (χ0) is 35.6. The Morgan fingerprint density at radius 1 is 0.389 bits per heavy atom. The van der Waals surface area contributed by atoms with E-state index in [1.165, 1.54) is 16.7 Å². The lowest BCUT2D eigenvalue weighted by molar-refractivity contribution is 0.622. The molecule has 0 aliphatic heterocycles. The number of fused-ring (bicyclic) bond motifs is 8. The molecule has 8 aromatic carbocycles. The summed E-state index contributed by atoms with van der Waals surface area (Å²) < 4.78 is 19.5. The van der Waals surface area contributed by atoms with E-state index in [1.54, 1.807) is 0 Å². The van der Waals surface area contributed by atoms with Gasteiger partial charge in [0.25, 0.3) is 0 Å². The Morgan fingerprint density at radius 3 is 1.81 bits per heavy atom. The summed E-state index contributed by atoms with van der Waals surface area (Å²) in [5, 5.41) is 3.99. The van der Waals surface area contributed by atoms with Crippen molar-refractivity contribution in [2.75, 3.05) is 4.90 Å². The van der Waals surface area contributed by atoms with Crippen molar-refractivity contribution in [1.82, 2.24) is 4.98 Å². The fourth-order valence-corrected chi connectivity index (χ4v) is 7.81. The van der Waals surface area contributed by atoms with Crippen LogP contribution in [-0.4, -0.2) is 4.98 Å². The van der Waals surface area contributed by atoms with Gasteiger partial charge in [-0.25, -0.2) is 4.98 Å². The molecule has 0 saturated carbocycles. The summed E-state index contributed by atoms with van der Waals surface area (Å²) in [4.78, 5) is 7.12. The van der Waals surface area contributed by atoms with Crippen molar-refractivity contribution in [1.29, 1.82) is 0 Å². The van der Waals surface area contributed by atoms with Crippen LogP contribution in [0.25, 0.3) is 88.7 Å². The Kier molecular flexibility index (Phi) is 6.79. The summed E-state index contributed by atoms with van der Waals surface area (Å²) in [6.07, 6.45) is 0. The molecule has 0 radical (unpaired) electrons. The summed E-state index contributed by atoms with van der Waals surface area (Å²) in [5.74, 6) is 0.583. The summed E-state index contributed by atoms with van der Waals surface area (Å²) in [5.41, 5.74) is 13.2. The summed E-state index contributed by atoms with van der Waals surface area (Å²) in [6, 6.07) is 62.8. The molecule has 0 unspecified atom stereocenters. The van der Waals surface area contributed by atoms with Gasteiger partial charge >= 0.3 is 0 Å². The maximum Gasteiger partial charge on any atom is 0.227 e. The Balaban J connectivity index is 1.11. The van der Waals surface area contributed by atoms with Gasteiger partial charge < -0.3 is 18.2 Å². The third-order valence-corrected chi connectivity index (χ3v) is 10.3. The minimum Gasteiger partial charge on any atom is -0.456 e. The van der Waals surface area contributed by atoms with Gasteiger partial charge in [-0.1, -0.05) is 115 Å². The summed E-state index contributed by atoms with van der Waals surface area (Å²) in [7, 11) is 0. The first-order valence-corrected chi connectivity index (χ1v) is 18.0. The lowest BCUT2D eigenvalue weighted by Crippen LogP contribution is -2.10. The molecule has 0 amide bonds. The lowest BCUT2D eigenvalue weighted by atomic mass is 9.94. The fourth-order valence-electron chi connectivity index (χ4n) is 7.81. The molecular weight excluding hydrogens is 665 g/mol. The van der Waals surface area contributed by atoms with Gasteiger partial charge in [-0.2, -0.15) is 0 Å². The predicted octanol–water partition coefficient (Wildman–Crippen LogP) is 14.1. The molecule has 11 rings (SSSR count). The summed E-state index contributed by atoms with van der Waals surface area (Å²) >= 11 is 0. The molecule has 5 nitrogen and oxygen atoms in total. The van der Waals surface area contributed by atoms with Crippen molar-refractivity contribution in [2.45, 2.75) is 0 Å². The molecule has 0 fully saturated rings. The number of rotatable bonds is 6. The zero-order valence-corrected chi connectivity index (χ0v) is 28.9. The molecule has 0 bridgehead atoms. The Morgan fingerprint density at radius 2 is 1.02 bits per heavy atom. The van der Waals surface area contributed by atoms with Gasteiger partial charge in [0.15, 0.2) is 11.2 Å². The minimum atomic E-state index is 0.583. The topological polar surface area (TPSA) is 55.6 Å². The van der Waals surface area contributed by atoms with Crippen LogP contribution in [0.2, 0.25) is 0 Å². The number of benzene rings is 8. The molecule has 54 heavy (non-hydrogen) atoms. The van der Waals surface area contributed by atoms with E-state index in [-0.39, 0.29) is 0 Å². The van der Waals surface area contributed by atoms with E-state index in [9.17, 15) is 0 Å². The molecule has 0 atom stereocenters. The van der Waals surface area contributed by atoms with Gasteiger partial charge in [0.05, 0.1) is 11.1 Å². The van der Waals surface area contributed by atoms with E-state index >= 15 is 0 Å². The Labute approximate surface area is 309 Å². The van der Waals surface area contributed by atoms with Crippen LogP contribution in [0, 0.1) is 0 Å². The standard InChI is InChI=1S/C49H30N2O3/c1-3-12-31(13-4-1)36-16-7-8-17-37(36)32-22-24-34(25-23-32)51(35-26-28-44-40(30-35)38-18-9-10-21-43(38)52-44)42-20-11-19-39-46-45(53-47(39)42)29-27-41-48(46)54-49(50-41)33-14-5-2-6-15-33/h1-30H. The number of oxazole rings is 1. The average Bonchev–Trinajstić information content (AvgIpc) is 3.96. The average molecular weight is 695 g/mol. The molecular formula is C49H30N2O3. The number of anilines is 3. The highest BCUT2D eigenvalue weighted by atomic mass is 16.4. The van der Waals surface area contributed by atoms with Crippen molar-refractivity contribution in [3.05, 3.63) is 182 Å². The predicted molar refractivity (Wildman–Crippen MR) is 220 cm³/mol. The van der Waals surface area contributed by atoms with Crippen LogP contribution in [0.4, 0.5) is 17.1 Å². The fraction of sp³-hybridized carbons (Fsp3) is 0. The molecule has 11 aromatic rings. The van der Waals surface area contributed by atoms with Crippen molar-refractivity contribution in [3.8, 4) is 33.7 Å². The third kappa shape index (κ3) is 4.83. The molecule has 5 heteroatoms. The number of hydrogen-bond acceptors (Lipinski definition) is 5. The van der Waals surface area contributed by atoms with E-state index in [0.717, 1.165) is 77.6 Å². The third-order valence-electron chi connectivity index (χ3n) is 10.3. The van der Waals surface area contributed by atoms with Crippen LogP contribution in [0.1, 0.15) is 0 Å². The maximum atomic E-state index is 6.78. The number of aromatic nitrogens is 1. The summed E-state index contributed by atoms with van der Waals surface area (Å²) in [6.45, 7) is 0. The van der Waals surface area contributed by atoms with Crippen LogP contribution < -0.4 is 4.90 Å². The Bertz CT molecular complexity index is 3160. The number of para-hydroxylation sites is 2. The smallest absolute Gasteiger partial charge is 0.227 e. The van der Waals surface area contributed by atoms with Gasteiger partial charge in [-0.15, -0.1) is 0 Å². The molecule has 0 aliphatic rings. The van der Waals surface area contributed by atoms with Crippen LogP contribution in [0.3, 0.4) is 0 Å². The van der Waals surface area contributed by atoms with Crippen molar-refractivity contribution in [2.24, 2.45) is 0 Å². The molecule has 3 aromatic heterocycles. The normalized spacial score (nSPS) is 11.7. The van der Waals surface area contributed by atoms with Crippen molar-refractivity contribution in [3.63, 3.8) is 0 Å². The van der Waals surface area contributed by atoms with Gasteiger partial charge in [-0.3, -0.25) is 0 Å². The van der Waals surface area contributed by atoms with E-state index in [4.69, 9.17) is 18.2 Å². The first-order chi connectivity index (χ1) is 26.8. The number of furan rings is 2. The second kappa shape index (κ2) is 12.1. The van der Waals surface area contributed by atoms with Gasteiger partial charge in [0, 0.05) is 33.1 Å². The van der Waals surface area contributed by atoms with Gasteiger partial charge in [-0.05, 0) is 89.0 Å². The van der Waals surface area contributed by atoms with Crippen LogP contribution in [-0.2, 0) is 0 Å². The molecule has 3 heterocycles. The molecule has 0 aliphatic carbocycles. The second-order valence-electron chi connectivity index (χ2n) is 13.5. The highest BCUT2D eigenvalue weighted by molar-refractivity contribution is 6.19. The van der Waals surface area contributed by atoms with E-state index in [2.05, 4.69) is 132 Å². The first kappa shape index (κ1) is 30.3. The second-order valence-corrected chi connectivity index (χ2v) is 13.5. The zero-order valence-electron chi connectivity index (χ0n) is 28.9. The largest absolute Gasteiger partial charge is 0.456 e. The highest BCUT2D eigenvalue weighted by Gasteiger charge is 2.23. The van der Waals surface area contributed by atoms with Crippen LogP contribution in [0.15, 0.2) is 195 Å². The lowest BCUT2D eigenvalue weighted by Gasteiger charge is -2.26. The van der Waals surface area contributed by atoms with Gasteiger partial charge in [0.2, 0.25) is 5.89 Å². The van der Waals surface area contributed by atoms with E-state index in [0.29, 0.717) is 11.5 Å². The van der Waals surface area contributed by atoms with E-state index in [1.807, 2.05) is 54.6 Å². The Hall–Kier alpha value is -7.37. The molecule has 0 N–H and O–H groups in total. The van der Waals surface area contributed by atoms with Crippen molar-refractivity contribution >= 4 is 72.0 Å². The highest BCUT2D eigenvalue weighted by Crippen LogP contribution is 2.46. The monoisotopic (exact) mass is 694 g/mol. The number of nitrogens with zero attached hydrogens (tertiary/aromatic N) is 2. The quantitative estimate of drug-likeness (QED) is 0.173. The van der Waals surface area contributed by atoms with Crippen LogP contribution >= 0.6 is 0 Å². The van der Waals surface area contributed by atoms with Gasteiger partial charge in [0.1, 0.15) is 22.3 Å². The molecule has 0 spiro atoms. The van der Waals surface area contributed by atoms with E-state index < -0.39 is 0 Å². The van der Waals surface area contributed by atoms with Crippen LogP contribution in [0.5, 0.6) is 0 Å². The maximum absolute atomic E-state index is 6.78. The van der Waals surface area contributed by atoms with Crippen molar-refractivity contribution < 1.29 is 13.3 Å². The molecule has 0 saturated heterocycles. The SMILES string of the molecule is c1ccc(-c2nc3ccc4oc5c(N(c6ccc(-c7ccccc7-c7ccccc7)cc6)c6ccc7oc8ccccc8c7c6)cccc5c4c3o2)cc1.